The zero-order valence-electron chi connectivity index (χ0n) is 13.5. The molecule has 1 aliphatic carbocycles. The molecule has 0 aliphatic heterocycles. The molecule has 8 heteroatoms. The predicted octanol–water partition coefficient (Wildman–Crippen LogP) is 4.43. The summed E-state index contributed by atoms with van der Waals surface area (Å²) in [7, 11) is 0. The van der Waals surface area contributed by atoms with E-state index in [0.717, 1.165) is 18.9 Å². The first-order valence-corrected chi connectivity index (χ1v) is 8.28. The molecule has 0 radical (unpaired) electrons. The van der Waals surface area contributed by atoms with E-state index < -0.39 is 11.9 Å². The van der Waals surface area contributed by atoms with Gasteiger partial charge in [0.25, 0.3) is 0 Å². The lowest BCUT2D eigenvalue weighted by Gasteiger charge is -2.15. The van der Waals surface area contributed by atoms with E-state index in [1.54, 1.807) is 0 Å². The average molecular weight is 367 g/mol. The van der Waals surface area contributed by atoms with Crippen molar-refractivity contribution >= 4 is 29.3 Å². The summed E-state index contributed by atoms with van der Waals surface area (Å²) in [6.07, 6.45) is 2.98. The van der Waals surface area contributed by atoms with Crippen LogP contribution < -0.4 is 4.42 Å². The molecule has 3 rings (SSSR count). The summed E-state index contributed by atoms with van der Waals surface area (Å²) in [4.78, 5) is 24.3. The Morgan fingerprint density at radius 1 is 1.44 bits per heavy atom. The highest BCUT2D eigenvalue weighted by molar-refractivity contribution is 6.35. The molecule has 25 heavy (non-hydrogen) atoms. The SMILES string of the molecule is CCCOC(=O)N(Cl)c1ccc(C(=O)c2cnoc2C2CC2)cc1F. The van der Waals surface area contributed by atoms with Crippen molar-refractivity contribution in [2.75, 3.05) is 11.0 Å². The Kier molecular flexibility index (Phi) is 5.03. The number of carbonyl (C=O) groups excluding carboxylic acids is 2. The minimum atomic E-state index is -0.878. The van der Waals surface area contributed by atoms with Gasteiger partial charge in [0.05, 0.1) is 18.4 Å². The van der Waals surface area contributed by atoms with Gasteiger partial charge >= 0.3 is 6.09 Å². The molecule has 132 valence electrons. The van der Waals surface area contributed by atoms with E-state index in [0.29, 0.717) is 22.2 Å². The number of ketones is 1. The highest BCUT2D eigenvalue weighted by Crippen LogP contribution is 2.42. The van der Waals surface area contributed by atoms with E-state index in [2.05, 4.69) is 5.16 Å². The van der Waals surface area contributed by atoms with Gasteiger partial charge in [-0.15, -0.1) is 0 Å². The molecule has 0 unspecified atom stereocenters. The molecule has 2 aromatic rings. The van der Waals surface area contributed by atoms with Gasteiger partial charge in [0.1, 0.15) is 11.5 Å². The number of nitrogens with zero attached hydrogens (tertiary/aromatic N) is 2. The van der Waals surface area contributed by atoms with E-state index in [-0.39, 0.29) is 29.6 Å². The average Bonchev–Trinajstić information content (AvgIpc) is 3.35. The fraction of sp³-hybridized carbons (Fsp3) is 0.353. The third-order valence-corrected chi connectivity index (χ3v) is 4.12. The number of aromatic nitrogens is 1. The number of ether oxygens (including phenoxy) is 1. The van der Waals surface area contributed by atoms with E-state index in [1.165, 1.54) is 18.3 Å². The third-order valence-electron chi connectivity index (χ3n) is 3.80. The van der Waals surface area contributed by atoms with Crippen LogP contribution in [-0.2, 0) is 4.74 Å². The van der Waals surface area contributed by atoms with Gasteiger partial charge in [-0.2, -0.15) is 4.42 Å². The largest absolute Gasteiger partial charge is 0.448 e. The molecule has 1 aromatic carbocycles. The fourth-order valence-corrected chi connectivity index (χ4v) is 2.55. The van der Waals surface area contributed by atoms with Gasteiger partial charge < -0.3 is 9.26 Å². The molecule has 1 amide bonds. The quantitative estimate of drug-likeness (QED) is 0.558. The van der Waals surface area contributed by atoms with Crippen molar-refractivity contribution in [3.8, 4) is 0 Å². The molecular weight excluding hydrogens is 351 g/mol. The number of hydrogen-bond acceptors (Lipinski definition) is 5. The Morgan fingerprint density at radius 2 is 2.20 bits per heavy atom. The number of benzene rings is 1. The smallest absolute Gasteiger partial charge is 0.429 e. The van der Waals surface area contributed by atoms with E-state index in [1.807, 2.05) is 6.92 Å². The van der Waals surface area contributed by atoms with Crippen molar-refractivity contribution < 1.29 is 23.2 Å². The summed E-state index contributed by atoms with van der Waals surface area (Å²) in [6, 6.07) is 3.68. The number of carbonyl (C=O) groups is 2. The van der Waals surface area contributed by atoms with Crippen LogP contribution >= 0.6 is 11.8 Å². The third kappa shape index (κ3) is 3.66. The first kappa shape index (κ1) is 17.4. The monoisotopic (exact) mass is 366 g/mol. The maximum atomic E-state index is 14.3. The van der Waals surface area contributed by atoms with Crippen molar-refractivity contribution in [1.82, 2.24) is 5.16 Å². The Morgan fingerprint density at radius 3 is 2.84 bits per heavy atom. The fourth-order valence-electron chi connectivity index (χ4n) is 2.37. The number of hydrogen-bond donors (Lipinski definition) is 0. The zero-order valence-corrected chi connectivity index (χ0v) is 14.3. The summed E-state index contributed by atoms with van der Waals surface area (Å²) >= 11 is 5.81. The molecule has 1 heterocycles. The minimum Gasteiger partial charge on any atom is -0.448 e. The van der Waals surface area contributed by atoms with Gasteiger partial charge in [-0.05, 0) is 37.5 Å². The first-order valence-electron chi connectivity index (χ1n) is 7.94. The molecule has 6 nitrogen and oxygen atoms in total. The standard InChI is InChI=1S/C17H16ClFN2O4/c1-2-7-24-17(23)21(18)14-6-5-11(8-13(14)19)15(22)12-9-20-25-16(12)10-3-4-10/h5-6,8-10H,2-4,7H2,1H3. The number of halogens is 2. The molecule has 1 fully saturated rings. The van der Waals surface area contributed by atoms with Gasteiger partial charge in [0.15, 0.2) is 11.5 Å². The maximum Gasteiger partial charge on any atom is 0.429 e. The second-order valence-corrected chi connectivity index (χ2v) is 6.11. The molecule has 0 N–H and O–H groups in total. The van der Waals surface area contributed by atoms with Crippen molar-refractivity contribution in [2.45, 2.75) is 32.1 Å². The predicted molar refractivity (Wildman–Crippen MR) is 88.3 cm³/mol. The molecule has 0 spiro atoms. The molecule has 0 bridgehead atoms. The normalized spacial score (nSPS) is 13.6. The molecular formula is C17H16ClFN2O4. The highest BCUT2D eigenvalue weighted by Gasteiger charge is 2.33. The van der Waals surface area contributed by atoms with E-state index in [4.69, 9.17) is 21.0 Å². The lowest BCUT2D eigenvalue weighted by Crippen LogP contribution is -2.23. The van der Waals surface area contributed by atoms with Gasteiger partial charge in [-0.25, -0.2) is 9.18 Å². The second kappa shape index (κ2) is 7.23. The summed E-state index contributed by atoms with van der Waals surface area (Å²) in [5.74, 6) is -0.448. The lowest BCUT2D eigenvalue weighted by molar-refractivity contribution is 0.103. The van der Waals surface area contributed by atoms with Crippen molar-refractivity contribution in [3.05, 3.63) is 47.1 Å². The van der Waals surface area contributed by atoms with Gasteiger partial charge in [-0.3, -0.25) is 4.79 Å². The number of rotatable bonds is 6. The van der Waals surface area contributed by atoms with Crippen LogP contribution in [0.25, 0.3) is 0 Å². The van der Waals surface area contributed by atoms with Crippen LogP contribution in [0.3, 0.4) is 0 Å². The Bertz CT molecular complexity index is 804. The number of amides is 1. The van der Waals surface area contributed by atoms with Crippen LogP contribution in [0.2, 0.25) is 0 Å². The van der Waals surface area contributed by atoms with Crippen molar-refractivity contribution in [3.63, 3.8) is 0 Å². The maximum absolute atomic E-state index is 14.3. The van der Waals surface area contributed by atoms with Crippen molar-refractivity contribution in [2.24, 2.45) is 0 Å². The Balaban J connectivity index is 1.80. The molecule has 1 aliphatic rings. The summed E-state index contributed by atoms with van der Waals surface area (Å²) in [5.41, 5.74) is 0.269. The van der Waals surface area contributed by atoms with Gasteiger partial charge in [0, 0.05) is 23.3 Å². The second-order valence-electron chi connectivity index (χ2n) is 5.77. The zero-order chi connectivity index (χ0) is 18.0. The number of anilines is 1. The molecule has 0 saturated heterocycles. The molecule has 0 atom stereocenters. The van der Waals surface area contributed by atoms with Crippen LogP contribution in [0.1, 0.15) is 53.8 Å². The summed E-state index contributed by atoms with van der Waals surface area (Å²) < 4.78 is 24.9. The molecule has 1 saturated carbocycles. The lowest BCUT2D eigenvalue weighted by atomic mass is 10.0. The first-order chi connectivity index (χ1) is 12.0. The van der Waals surface area contributed by atoms with Gasteiger partial charge in [0.2, 0.25) is 0 Å². The van der Waals surface area contributed by atoms with Crippen LogP contribution in [0.5, 0.6) is 0 Å². The van der Waals surface area contributed by atoms with E-state index in [9.17, 15) is 14.0 Å². The summed E-state index contributed by atoms with van der Waals surface area (Å²) in [6.45, 7) is 2.01. The molecule has 1 aromatic heterocycles. The van der Waals surface area contributed by atoms with Crippen LogP contribution in [-0.4, -0.2) is 23.6 Å². The van der Waals surface area contributed by atoms with E-state index >= 15 is 0 Å². The Hall–Kier alpha value is -2.41. The Labute approximate surface area is 148 Å². The van der Waals surface area contributed by atoms with Crippen LogP contribution in [0, 0.1) is 5.82 Å². The minimum absolute atomic E-state index is 0.123. The highest BCUT2D eigenvalue weighted by atomic mass is 35.5. The van der Waals surface area contributed by atoms with Crippen molar-refractivity contribution in [1.29, 1.82) is 0 Å². The van der Waals surface area contributed by atoms with Gasteiger partial charge in [-0.1, -0.05) is 12.1 Å². The van der Waals surface area contributed by atoms with Crippen LogP contribution in [0.15, 0.2) is 28.9 Å². The van der Waals surface area contributed by atoms with Crippen LogP contribution in [0.4, 0.5) is 14.9 Å². The summed E-state index contributed by atoms with van der Waals surface area (Å²) in [5, 5.41) is 3.67. The topological polar surface area (TPSA) is 72.6 Å².